The lowest BCUT2D eigenvalue weighted by Crippen LogP contribution is -2.13. The van der Waals surface area contributed by atoms with Crippen LogP contribution in [0.1, 0.15) is 10.4 Å². The van der Waals surface area contributed by atoms with Gasteiger partial charge in [0.15, 0.2) is 0 Å². The standard InChI is InChI=1S/C18H14N2O5/c1-25-16-9-7-12(20(23)24)10-15(16)19-18(22)14-8-6-11-4-2-3-5-13(11)17(14)21/h2-10,21H,1H3,(H,19,22). The molecule has 1 amide bonds. The molecule has 0 unspecified atom stereocenters. The van der Waals surface area contributed by atoms with Crippen molar-refractivity contribution in [3.8, 4) is 11.5 Å². The summed E-state index contributed by atoms with van der Waals surface area (Å²) in [5, 5.41) is 25.2. The molecule has 0 aliphatic carbocycles. The van der Waals surface area contributed by atoms with Crippen molar-refractivity contribution in [1.82, 2.24) is 0 Å². The van der Waals surface area contributed by atoms with Crippen LogP contribution in [0.3, 0.4) is 0 Å². The summed E-state index contributed by atoms with van der Waals surface area (Å²) in [6.45, 7) is 0. The van der Waals surface area contributed by atoms with Crippen molar-refractivity contribution in [3.63, 3.8) is 0 Å². The second-order valence-corrected chi connectivity index (χ2v) is 5.28. The smallest absolute Gasteiger partial charge is 0.271 e. The Bertz CT molecular complexity index is 984. The van der Waals surface area contributed by atoms with Crippen LogP contribution in [0, 0.1) is 10.1 Å². The molecule has 0 bridgehead atoms. The SMILES string of the molecule is COc1ccc([N+](=O)[O-])cc1NC(=O)c1ccc2ccccc2c1O. The van der Waals surface area contributed by atoms with Crippen LogP contribution in [0.4, 0.5) is 11.4 Å². The molecule has 126 valence electrons. The van der Waals surface area contributed by atoms with Crippen molar-refractivity contribution in [2.75, 3.05) is 12.4 Å². The van der Waals surface area contributed by atoms with Gasteiger partial charge in [-0.3, -0.25) is 14.9 Å². The van der Waals surface area contributed by atoms with E-state index in [0.29, 0.717) is 5.39 Å². The number of nitro benzene ring substituents is 1. The van der Waals surface area contributed by atoms with E-state index in [4.69, 9.17) is 4.74 Å². The summed E-state index contributed by atoms with van der Waals surface area (Å²) in [5.41, 5.74) is 0.0281. The number of benzene rings is 3. The number of carbonyl (C=O) groups excluding carboxylic acids is 1. The molecule has 0 heterocycles. The van der Waals surface area contributed by atoms with Gasteiger partial charge < -0.3 is 15.2 Å². The molecule has 0 fully saturated rings. The third-order valence-corrected chi connectivity index (χ3v) is 3.79. The van der Waals surface area contributed by atoms with Gasteiger partial charge in [0.2, 0.25) is 0 Å². The lowest BCUT2D eigenvalue weighted by molar-refractivity contribution is -0.384. The number of methoxy groups -OCH3 is 1. The van der Waals surface area contributed by atoms with Crippen LogP contribution in [0.2, 0.25) is 0 Å². The van der Waals surface area contributed by atoms with Gasteiger partial charge in [-0.1, -0.05) is 30.3 Å². The van der Waals surface area contributed by atoms with Gasteiger partial charge >= 0.3 is 0 Å². The summed E-state index contributed by atoms with van der Waals surface area (Å²) in [4.78, 5) is 22.9. The normalized spacial score (nSPS) is 10.4. The van der Waals surface area contributed by atoms with Crippen LogP contribution in [-0.2, 0) is 0 Å². The first-order valence-corrected chi connectivity index (χ1v) is 7.35. The molecule has 3 aromatic rings. The van der Waals surface area contributed by atoms with Crippen LogP contribution in [-0.4, -0.2) is 23.0 Å². The van der Waals surface area contributed by atoms with Gasteiger partial charge in [-0.15, -0.1) is 0 Å². The number of carbonyl (C=O) groups is 1. The number of phenols is 1. The molecule has 7 heteroatoms. The molecule has 0 saturated carbocycles. The fourth-order valence-corrected chi connectivity index (χ4v) is 2.54. The Kier molecular flexibility index (Phi) is 4.21. The minimum atomic E-state index is -0.595. The second kappa shape index (κ2) is 6.48. The highest BCUT2D eigenvalue weighted by Gasteiger charge is 2.18. The Balaban J connectivity index is 1.99. The van der Waals surface area contributed by atoms with Crippen LogP contribution in [0.25, 0.3) is 10.8 Å². The Morgan fingerprint density at radius 1 is 1.16 bits per heavy atom. The largest absolute Gasteiger partial charge is 0.506 e. The van der Waals surface area contributed by atoms with Crippen molar-refractivity contribution < 1.29 is 19.6 Å². The minimum Gasteiger partial charge on any atom is -0.506 e. The summed E-state index contributed by atoms with van der Waals surface area (Å²) < 4.78 is 5.12. The molecule has 2 N–H and O–H groups in total. The first kappa shape index (κ1) is 16.3. The Morgan fingerprint density at radius 2 is 1.92 bits per heavy atom. The lowest BCUT2D eigenvalue weighted by Gasteiger charge is -2.11. The predicted octanol–water partition coefficient (Wildman–Crippen LogP) is 3.71. The maximum Gasteiger partial charge on any atom is 0.271 e. The Hall–Kier alpha value is -3.61. The average molecular weight is 338 g/mol. The van der Waals surface area contributed by atoms with Crippen molar-refractivity contribution in [2.45, 2.75) is 0 Å². The fourth-order valence-electron chi connectivity index (χ4n) is 2.54. The van der Waals surface area contributed by atoms with E-state index in [9.17, 15) is 20.0 Å². The number of anilines is 1. The Labute approximate surface area is 142 Å². The summed E-state index contributed by atoms with van der Waals surface area (Å²) >= 11 is 0. The van der Waals surface area contributed by atoms with Crippen LogP contribution in [0.5, 0.6) is 11.5 Å². The highest BCUT2D eigenvalue weighted by Crippen LogP contribution is 2.32. The van der Waals surface area contributed by atoms with Crippen LogP contribution >= 0.6 is 0 Å². The Morgan fingerprint density at radius 3 is 2.64 bits per heavy atom. The molecule has 0 saturated heterocycles. The average Bonchev–Trinajstić information content (AvgIpc) is 2.62. The summed E-state index contributed by atoms with van der Waals surface area (Å²) in [7, 11) is 1.39. The number of non-ortho nitro benzene ring substituents is 1. The molecular weight excluding hydrogens is 324 g/mol. The number of aromatic hydroxyl groups is 1. The molecule has 3 rings (SSSR count). The zero-order valence-corrected chi connectivity index (χ0v) is 13.2. The molecular formula is C18H14N2O5. The van der Waals surface area contributed by atoms with Gasteiger partial charge in [0.05, 0.1) is 23.3 Å². The monoisotopic (exact) mass is 338 g/mol. The van der Waals surface area contributed by atoms with Crippen molar-refractivity contribution in [1.29, 1.82) is 0 Å². The molecule has 25 heavy (non-hydrogen) atoms. The van der Waals surface area contributed by atoms with Gasteiger partial charge in [-0.25, -0.2) is 0 Å². The molecule has 0 spiro atoms. The van der Waals surface area contributed by atoms with Crippen LogP contribution in [0.15, 0.2) is 54.6 Å². The molecule has 3 aromatic carbocycles. The quantitative estimate of drug-likeness (QED) is 0.558. The van der Waals surface area contributed by atoms with Crippen molar-refractivity contribution in [2.24, 2.45) is 0 Å². The first-order valence-electron chi connectivity index (χ1n) is 7.35. The number of ether oxygens (including phenoxy) is 1. The van der Waals surface area contributed by atoms with Gasteiger partial charge in [-0.2, -0.15) is 0 Å². The summed E-state index contributed by atoms with van der Waals surface area (Å²) in [6.07, 6.45) is 0. The van der Waals surface area contributed by atoms with Gasteiger partial charge in [-0.05, 0) is 17.5 Å². The van der Waals surface area contributed by atoms with E-state index >= 15 is 0 Å². The number of phenolic OH excluding ortho intramolecular Hbond substituents is 1. The molecule has 0 radical (unpaired) electrons. The molecule has 0 atom stereocenters. The fraction of sp³-hybridized carbons (Fsp3) is 0.0556. The third-order valence-electron chi connectivity index (χ3n) is 3.79. The zero-order chi connectivity index (χ0) is 18.0. The third kappa shape index (κ3) is 3.07. The van der Waals surface area contributed by atoms with E-state index in [0.717, 1.165) is 5.39 Å². The second-order valence-electron chi connectivity index (χ2n) is 5.28. The molecule has 0 aromatic heterocycles. The number of nitrogens with one attached hydrogen (secondary N) is 1. The number of fused-ring (bicyclic) bond motifs is 1. The number of hydrogen-bond donors (Lipinski definition) is 2. The first-order chi connectivity index (χ1) is 12.0. The highest BCUT2D eigenvalue weighted by atomic mass is 16.6. The predicted molar refractivity (Wildman–Crippen MR) is 93.2 cm³/mol. The van der Waals surface area contributed by atoms with Crippen molar-refractivity contribution >= 4 is 28.1 Å². The number of amides is 1. The van der Waals surface area contributed by atoms with Gasteiger partial charge in [0.25, 0.3) is 11.6 Å². The van der Waals surface area contributed by atoms with Gasteiger partial charge in [0.1, 0.15) is 11.5 Å². The topological polar surface area (TPSA) is 102 Å². The lowest BCUT2D eigenvalue weighted by atomic mass is 10.0. The van der Waals surface area contributed by atoms with Gasteiger partial charge in [0, 0.05) is 17.5 Å². The maximum absolute atomic E-state index is 12.5. The minimum absolute atomic E-state index is 0.0623. The van der Waals surface area contributed by atoms with E-state index in [2.05, 4.69) is 5.32 Å². The van der Waals surface area contributed by atoms with E-state index in [-0.39, 0.29) is 28.4 Å². The summed E-state index contributed by atoms with van der Waals surface area (Å²) in [6, 6.07) is 14.2. The molecule has 0 aliphatic rings. The number of rotatable bonds is 4. The number of hydrogen-bond acceptors (Lipinski definition) is 5. The van der Waals surface area contributed by atoms with E-state index in [1.165, 1.54) is 31.4 Å². The van der Waals surface area contributed by atoms with E-state index in [1.54, 1.807) is 18.2 Å². The van der Waals surface area contributed by atoms with E-state index in [1.807, 2.05) is 12.1 Å². The van der Waals surface area contributed by atoms with E-state index < -0.39 is 10.8 Å². The molecule has 7 nitrogen and oxygen atoms in total. The van der Waals surface area contributed by atoms with Crippen LogP contribution < -0.4 is 10.1 Å². The molecule has 0 aliphatic heterocycles. The highest BCUT2D eigenvalue weighted by molar-refractivity contribution is 6.10. The van der Waals surface area contributed by atoms with Crippen molar-refractivity contribution in [3.05, 3.63) is 70.3 Å². The number of nitrogens with zero attached hydrogens (tertiary/aromatic N) is 1. The zero-order valence-electron chi connectivity index (χ0n) is 13.2. The maximum atomic E-state index is 12.5. The summed E-state index contributed by atoms with van der Waals surface area (Å²) in [5.74, 6) is -0.471. The number of nitro groups is 1.